The number of alkyl halides is 3. The molecule has 0 radical (unpaired) electrons. The molecule has 9 heteroatoms. The maximum atomic E-state index is 12.8. The molecule has 0 unspecified atom stereocenters. The Morgan fingerprint density at radius 3 is 2.33 bits per heavy atom. The summed E-state index contributed by atoms with van der Waals surface area (Å²) < 4.78 is 61.3. The third-order valence-electron chi connectivity index (χ3n) is 4.35. The number of rotatable bonds is 3. The standard InChI is InChI=1S/C15H19F3N2O3S/c1-10-3-4-11(15(16,17)18)9-12(10)20-13(21)14(24(2,22)23)5-7-19-8-6-14/h3-4,9,19H,5-8H2,1-2H3,(H,20,21). The number of piperidine rings is 1. The second-order valence-corrected chi connectivity index (χ2v) is 8.32. The highest BCUT2D eigenvalue weighted by molar-refractivity contribution is 7.92. The van der Waals surface area contributed by atoms with E-state index in [0.29, 0.717) is 18.7 Å². The second kappa shape index (κ2) is 6.36. The average Bonchev–Trinajstić information content (AvgIpc) is 2.47. The van der Waals surface area contributed by atoms with Gasteiger partial charge in [0.25, 0.3) is 0 Å². The van der Waals surface area contributed by atoms with Gasteiger partial charge in [0.2, 0.25) is 5.91 Å². The molecule has 1 aromatic carbocycles. The van der Waals surface area contributed by atoms with Crippen LogP contribution in [0.5, 0.6) is 0 Å². The molecule has 0 aliphatic carbocycles. The number of amides is 1. The first-order chi connectivity index (χ1) is 11.0. The summed E-state index contributed by atoms with van der Waals surface area (Å²) in [6, 6.07) is 2.99. The van der Waals surface area contributed by atoms with E-state index in [2.05, 4.69) is 10.6 Å². The Morgan fingerprint density at radius 2 is 1.83 bits per heavy atom. The molecule has 0 spiro atoms. The van der Waals surface area contributed by atoms with Gasteiger partial charge in [-0.2, -0.15) is 13.2 Å². The van der Waals surface area contributed by atoms with E-state index in [0.717, 1.165) is 18.4 Å². The van der Waals surface area contributed by atoms with Gasteiger partial charge in [-0.25, -0.2) is 8.42 Å². The molecule has 2 rings (SSSR count). The molecule has 1 aromatic rings. The van der Waals surface area contributed by atoms with Crippen LogP contribution in [0.3, 0.4) is 0 Å². The lowest BCUT2D eigenvalue weighted by molar-refractivity contribution is -0.137. The van der Waals surface area contributed by atoms with E-state index in [4.69, 9.17) is 0 Å². The van der Waals surface area contributed by atoms with Crippen LogP contribution in [-0.2, 0) is 20.8 Å². The molecule has 0 atom stereocenters. The zero-order valence-electron chi connectivity index (χ0n) is 13.3. The summed E-state index contributed by atoms with van der Waals surface area (Å²) in [5.41, 5.74) is -0.507. The molecule has 5 nitrogen and oxygen atoms in total. The van der Waals surface area contributed by atoms with Crippen molar-refractivity contribution >= 4 is 21.4 Å². The number of aryl methyl sites for hydroxylation is 1. The Morgan fingerprint density at radius 1 is 1.25 bits per heavy atom. The molecular formula is C15H19F3N2O3S. The molecule has 1 amide bonds. The number of benzene rings is 1. The van der Waals surface area contributed by atoms with Crippen molar-refractivity contribution in [3.63, 3.8) is 0 Å². The number of sulfone groups is 1. The van der Waals surface area contributed by atoms with Crippen LogP contribution in [0, 0.1) is 6.92 Å². The maximum absolute atomic E-state index is 12.8. The highest BCUT2D eigenvalue weighted by Gasteiger charge is 2.48. The van der Waals surface area contributed by atoms with Crippen molar-refractivity contribution in [3.8, 4) is 0 Å². The van der Waals surface area contributed by atoms with Gasteiger partial charge in [0.1, 0.15) is 0 Å². The largest absolute Gasteiger partial charge is 0.416 e. The monoisotopic (exact) mass is 364 g/mol. The highest BCUT2D eigenvalue weighted by Crippen LogP contribution is 2.34. The van der Waals surface area contributed by atoms with Gasteiger partial charge in [-0.1, -0.05) is 6.07 Å². The summed E-state index contributed by atoms with van der Waals surface area (Å²) in [5.74, 6) is -0.783. The first kappa shape index (κ1) is 18.7. The van der Waals surface area contributed by atoms with Gasteiger partial charge in [0.05, 0.1) is 5.56 Å². The van der Waals surface area contributed by atoms with Crippen molar-refractivity contribution in [2.24, 2.45) is 0 Å². The first-order valence-corrected chi connectivity index (χ1v) is 9.26. The topological polar surface area (TPSA) is 75.3 Å². The molecule has 0 aromatic heterocycles. The van der Waals surface area contributed by atoms with Crippen LogP contribution in [0.4, 0.5) is 18.9 Å². The van der Waals surface area contributed by atoms with Gasteiger partial charge in [-0.05, 0) is 50.6 Å². The molecule has 134 valence electrons. The minimum Gasteiger partial charge on any atom is -0.324 e. The predicted octanol–water partition coefficient (Wildman–Crippen LogP) is 2.12. The maximum Gasteiger partial charge on any atom is 0.416 e. The molecule has 1 fully saturated rings. The average molecular weight is 364 g/mol. The van der Waals surface area contributed by atoms with E-state index < -0.39 is 32.2 Å². The highest BCUT2D eigenvalue weighted by atomic mass is 32.2. The lowest BCUT2D eigenvalue weighted by Gasteiger charge is -2.34. The van der Waals surface area contributed by atoms with Crippen molar-refractivity contribution < 1.29 is 26.4 Å². The normalized spacial score (nSPS) is 18.2. The summed E-state index contributed by atoms with van der Waals surface area (Å²) in [6.45, 7) is 2.25. The molecule has 1 aliphatic rings. The number of carbonyl (C=O) groups excluding carboxylic acids is 1. The molecule has 1 aliphatic heterocycles. The predicted molar refractivity (Wildman–Crippen MR) is 84.5 cm³/mol. The van der Waals surface area contributed by atoms with Crippen LogP contribution >= 0.6 is 0 Å². The van der Waals surface area contributed by atoms with Gasteiger partial charge in [0, 0.05) is 11.9 Å². The first-order valence-electron chi connectivity index (χ1n) is 7.37. The van der Waals surface area contributed by atoms with E-state index in [9.17, 15) is 26.4 Å². The molecule has 2 N–H and O–H groups in total. The van der Waals surface area contributed by atoms with Gasteiger partial charge in [-0.15, -0.1) is 0 Å². The fourth-order valence-corrected chi connectivity index (χ4v) is 4.10. The van der Waals surface area contributed by atoms with Crippen molar-refractivity contribution in [2.75, 3.05) is 24.7 Å². The van der Waals surface area contributed by atoms with Gasteiger partial charge in [-0.3, -0.25) is 4.79 Å². The van der Waals surface area contributed by atoms with Crippen molar-refractivity contribution in [2.45, 2.75) is 30.7 Å². The zero-order chi connectivity index (χ0) is 18.2. The Kier molecular flexibility index (Phi) is 4.96. The summed E-state index contributed by atoms with van der Waals surface area (Å²) in [4.78, 5) is 12.7. The van der Waals surface area contributed by atoms with Crippen LogP contribution in [0.25, 0.3) is 0 Å². The molecule has 0 saturated carbocycles. The molecule has 1 heterocycles. The van der Waals surface area contributed by atoms with E-state index >= 15 is 0 Å². The fraction of sp³-hybridized carbons (Fsp3) is 0.533. The summed E-state index contributed by atoms with van der Waals surface area (Å²) in [7, 11) is -3.73. The van der Waals surface area contributed by atoms with E-state index in [-0.39, 0.29) is 18.5 Å². The molecule has 1 saturated heterocycles. The number of halogens is 3. The number of carbonyl (C=O) groups is 1. The van der Waals surface area contributed by atoms with Crippen molar-refractivity contribution in [1.82, 2.24) is 5.32 Å². The Labute approximate surface area is 138 Å². The Bertz CT molecular complexity index is 739. The van der Waals surface area contributed by atoms with Crippen molar-refractivity contribution in [3.05, 3.63) is 29.3 Å². The Hall–Kier alpha value is -1.61. The second-order valence-electron chi connectivity index (χ2n) is 6.00. The quantitative estimate of drug-likeness (QED) is 0.862. The third-order valence-corrected chi connectivity index (χ3v) is 6.36. The van der Waals surface area contributed by atoms with E-state index in [1.165, 1.54) is 6.07 Å². The van der Waals surface area contributed by atoms with Gasteiger partial charge in [0.15, 0.2) is 14.6 Å². The SMILES string of the molecule is Cc1ccc(C(F)(F)F)cc1NC(=O)C1(S(C)(=O)=O)CCNCC1. The molecule has 24 heavy (non-hydrogen) atoms. The van der Waals surface area contributed by atoms with Gasteiger partial charge >= 0.3 is 6.18 Å². The van der Waals surface area contributed by atoms with Gasteiger partial charge < -0.3 is 10.6 Å². The van der Waals surface area contributed by atoms with Crippen molar-refractivity contribution in [1.29, 1.82) is 0 Å². The zero-order valence-corrected chi connectivity index (χ0v) is 14.1. The summed E-state index contributed by atoms with van der Waals surface area (Å²) >= 11 is 0. The van der Waals surface area contributed by atoms with Crippen LogP contribution in [0.2, 0.25) is 0 Å². The minimum absolute atomic E-state index is 0.0311. The van der Waals surface area contributed by atoms with E-state index in [1.807, 2.05) is 0 Å². The van der Waals surface area contributed by atoms with Crippen LogP contribution in [0.15, 0.2) is 18.2 Å². The van der Waals surface area contributed by atoms with E-state index in [1.54, 1.807) is 6.92 Å². The van der Waals surface area contributed by atoms with Crippen LogP contribution < -0.4 is 10.6 Å². The summed E-state index contributed by atoms with van der Waals surface area (Å²) in [6.07, 6.45) is -3.40. The molecular weight excluding hydrogens is 345 g/mol. The smallest absolute Gasteiger partial charge is 0.324 e. The van der Waals surface area contributed by atoms with Crippen LogP contribution in [0.1, 0.15) is 24.0 Å². The number of hydrogen-bond acceptors (Lipinski definition) is 4. The number of anilines is 1. The lowest BCUT2D eigenvalue weighted by atomic mass is 9.95. The number of nitrogens with one attached hydrogen (secondary N) is 2. The fourth-order valence-electron chi connectivity index (χ4n) is 2.77. The Balaban J connectivity index is 2.37. The summed E-state index contributed by atoms with van der Waals surface area (Å²) in [5, 5.41) is 5.37. The lowest BCUT2D eigenvalue weighted by Crippen LogP contribution is -2.55. The number of hydrogen-bond donors (Lipinski definition) is 2. The molecule has 0 bridgehead atoms. The minimum atomic E-state index is -4.55. The van der Waals surface area contributed by atoms with Crippen LogP contribution in [-0.4, -0.2) is 38.4 Å². The third kappa shape index (κ3) is 3.56.